The highest BCUT2D eigenvalue weighted by atomic mass is 16.5. The molecule has 0 amide bonds. The number of anilines is 1. The predicted molar refractivity (Wildman–Crippen MR) is 72.8 cm³/mol. The molecule has 1 N–H and O–H groups in total. The molecule has 6 heteroatoms. The summed E-state index contributed by atoms with van der Waals surface area (Å²) in [5.74, 6) is -0.789. The Hall–Kier alpha value is -2.11. The summed E-state index contributed by atoms with van der Waals surface area (Å²) in [5.41, 5.74) is -0.554. The van der Waals surface area contributed by atoms with Crippen LogP contribution in [-0.2, 0) is 9.53 Å². The average molecular weight is 278 g/mol. The summed E-state index contributed by atoms with van der Waals surface area (Å²) in [7, 11) is 1.31. The molecule has 0 bridgehead atoms. The number of carbonyl (C=O) groups is 2. The number of esters is 1. The summed E-state index contributed by atoms with van der Waals surface area (Å²) >= 11 is 0. The minimum absolute atomic E-state index is 0.375. The van der Waals surface area contributed by atoms with Crippen molar-refractivity contribution in [3.63, 3.8) is 0 Å². The van der Waals surface area contributed by atoms with Gasteiger partial charge < -0.3 is 14.7 Å². The number of aliphatic carboxylic acids is 1. The Morgan fingerprint density at radius 3 is 2.90 bits per heavy atom. The second-order valence-electron chi connectivity index (χ2n) is 4.84. The van der Waals surface area contributed by atoms with Crippen molar-refractivity contribution in [1.82, 2.24) is 4.98 Å². The van der Waals surface area contributed by atoms with Crippen LogP contribution in [0, 0.1) is 0 Å². The molecule has 1 aromatic rings. The topological polar surface area (TPSA) is 79.7 Å². The first-order chi connectivity index (χ1) is 9.55. The van der Waals surface area contributed by atoms with Gasteiger partial charge in [0.25, 0.3) is 0 Å². The maximum absolute atomic E-state index is 11.7. The van der Waals surface area contributed by atoms with Gasteiger partial charge in [-0.3, -0.25) is 0 Å². The number of methoxy groups -OCH3 is 1. The van der Waals surface area contributed by atoms with E-state index < -0.39 is 17.5 Å². The lowest BCUT2D eigenvalue weighted by molar-refractivity contribution is -0.143. The Morgan fingerprint density at radius 1 is 1.55 bits per heavy atom. The molecule has 0 saturated carbocycles. The van der Waals surface area contributed by atoms with Crippen molar-refractivity contribution in [3.8, 4) is 0 Å². The van der Waals surface area contributed by atoms with Gasteiger partial charge in [0, 0.05) is 12.7 Å². The summed E-state index contributed by atoms with van der Waals surface area (Å²) in [6, 6.07) is 3.14. The fourth-order valence-electron chi connectivity index (χ4n) is 2.76. The molecule has 1 atom stereocenters. The van der Waals surface area contributed by atoms with Gasteiger partial charge in [0.1, 0.15) is 11.4 Å². The maximum Gasteiger partial charge on any atom is 0.338 e. The van der Waals surface area contributed by atoms with Crippen LogP contribution < -0.4 is 4.90 Å². The summed E-state index contributed by atoms with van der Waals surface area (Å²) < 4.78 is 4.68. The highest BCUT2D eigenvalue weighted by molar-refractivity contribution is 5.90. The molecule has 2 rings (SSSR count). The van der Waals surface area contributed by atoms with E-state index in [1.54, 1.807) is 17.0 Å². The predicted octanol–water partition coefficient (Wildman–Crippen LogP) is 1.70. The van der Waals surface area contributed by atoms with Gasteiger partial charge in [0.2, 0.25) is 0 Å². The Morgan fingerprint density at radius 2 is 2.30 bits per heavy atom. The fraction of sp³-hybridized carbons (Fsp3) is 0.500. The number of carbonyl (C=O) groups excluding carboxylic acids is 1. The summed E-state index contributed by atoms with van der Waals surface area (Å²) in [5, 5.41) is 9.56. The molecule has 2 heterocycles. The van der Waals surface area contributed by atoms with E-state index in [9.17, 15) is 14.7 Å². The number of hydrogen-bond donors (Lipinski definition) is 1. The van der Waals surface area contributed by atoms with E-state index in [-0.39, 0.29) is 0 Å². The highest BCUT2D eigenvalue weighted by Gasteiger charge is 2.46. The molecule has 1 aliphatic heterocycles. The van der Waals surface area contributed by atoms with E-state index in [2.05, 4.69) is 9.72 Å². The normalized spacial score (nSPS) is 21.8. The van der Waals surface area contributed by atoms with Crippen LogP contribution in [-0.4, -0.2) is 41.2 Å². The van der Waals surface area contributed by atoms with Crippen LogP contribution in [0.1, 0.15) is 36.5 Å². The zero-order chi connectivity index (χ0) is 14.8. The molecule has 0 radical (unpaired) electrons. The summed E-state index contributed by atoms with van der Waals surface area (Å²) in [4.78, 5) is 29.2. The van der Waals surface area contributed by atoms with Crippen LogP contribution in [0.3, 0.4) is 0 Å². The Balaban J connectivity index is 2.40. The van der Waals surface area contributed by atoms with E-state index in [1.807, 2.05) is 6.92 Å². The molecule has 0 spiro atoms. The standard InChI is InChI=1S/C14H18N2O4/c1-3-14(13(18)19)6-4-8-16(14)11-9-10(5-7-15-11)12(17)20-2/h5,7,9H,3-4,6,8H2,1-2H3,(H,18,19). The lowest BCUT2D eigenvalue weighted by atomic mass is 9.93. The molecule has 6 nitrogen and oxygen atoms in total. The minimum atomic E-state index is -0.929. The van der Waals surface area contributed by atoms with Crippen LogP contribution in [0.4, 0.5) is 5.82 Å². The van der Waals surface area contributed by atoms with Crippen LogP contribution in [0.15, 0.2) is 18.3 Å². The number of ether oxygens (including phenoxy) is 1. The SMILES string of the molecule is CCC1(C(=O)O)CCCN1c1cc(C(=O)OC)ccn1. The van der Waals surface area contributed by atoms with Crippen molar-refractivity contribution >= 4 is 17.8 Å². The minimum Gasteiger partial charge on any atom is -0.479 e. The molecule has 1 fully saturated rings. The fourth-order valence-corrected chi connectivity index (χ4v) is 2.76. The number of carboxylic acid groups (broad SMARTS) is 1. The molecule has 108 valence electrons. The van der Waals surface area contributed by atoms with Gasteiger partial charge in [0.05, 0.1) is 12.7 Å². The van der Waals surface area contributed by atoms with Crippen LogP contribution in [0.5, 0.6) is 0 Å². The van der Waals surface area contributed by atoms with Crippen molar-refractivity contribution in [3.05, 3.63) is 23.9 Å². The van der Waals surface area contributed by atoms with Gasteiger partial charge in [-0.15, -0.1) is 0 Å². The van der Waals surface area contributed by atoms with E-state index in [4.69, 9.17) is 0 Å². The van der Waals surface area contributed by atoms with Gasteiger partial charge >= 0.3 is 11.9 Å². The first-order valence-electron chi connectivity index (χ1n) is 6.60. The molecular weight excluding hydrogens is 260 g/mol. The van der Waals surface area contributed by atoms with Crippen molar-refractivity contribution in [2.24, 2.45) is 0 Å². The van der Waals surface area contributed by atoms with Crippen molar-refractivity contribution < 1.29 is 19.4 Å². The molecule has 0 aliphatic carbocycles. The molecule has 20 heavy (non-hydrogen) atoms. The molecule has 0 aromatic carbocycles. The monoisotopic (exact) mass is 278 g/mol. The van der Waals surface area contributed by atoms with Gasteiger partial charge in [-0.2, -0.15) is 0 Å². The summed E-state index contributed by atoms with van der Waals surface area (Å²) in [6.07, 6.45) is 3.38. The van der Waals surface area contributed by atoms with Crippen molar-refractivity contribution in [2.75, 3.05) is 18.6 Å². The Bertz CT molecular complexity index is 532. The first-order valence-corrected chi connectivity index (χ1v) is 6.60. The van der Waals surface area contributed by atoms with Crippen molar-refractivity contribution in [2.45, 2.75) is 31.7 Å². The number of aromatic nitrogens is 1. The second-order valence-corrected chi connectivity index (χ2v) is 4.84. The molecular formula is C14H18N2O4. The van der Waals surface area contributed by atoms with E-state index in [1.165, 1.54) is 13.3 Å². The average Bonchev–Trinajstić information content (AvgIpc) is 2.91. The van der Waals surface area contributed by atoms with Crippen molar-refractivity contribution in [1.29, 1.82) is 0 Å². The van der Waals surface area contributed by atoms with E-state index in [0.717, 1.165) is 6.42 Å². The molecule has 1 saturated heterocycles. The number of carboxylic acids is 1. The third kappa shape index (κ3) is 2.21. The van der Waals surface area contributed by atoms with Gasteiger partial charge in [-0.25, -0.2) is 14.6 Å². The zero-order valence-electron chi connectivity index (χ0n) is 11.6. The summed E-state index contributed by atoms with van der Waals surface area (Å²) in [6.45, 7) is 2.48. The Labute approximate surface area is 117 Å². The lowest BCUT2D eigenvalue weighted by Gasteiger charge is -2.34. The van der Waals surface area contributed by atoms with E-state index >= 15 is 0 Å². The van der Waals surface area contributed by atoms with Gasteiger partial charge in [0.15, 0.2) is 0 Å². The quantitative estimate of drug-likeness (QED) is 0.844. The van der Waals surface area contributed by atoms with E-state index in [0.29, 0.717) is 30.8 Å². The smallest absolute Gasteiger partial charge is 0.338 e. The number of pyridine rings is 1. The second kappa shape index (κ2) is 5.48. The third-order valence-corrected chi connectivity index (χ3v) is 3.91. The number of rotatable bonds is 4. The first kappa shape index (κ1) is 14.3. The van der Waals surface area contributed by atoms with Crippen LogP contribution in [0.2, 0.25) is 0 Å². The van der Waals surface area contributed by atoms with Gasteiger partial charge in [-0.1, -0.05) is 6.92 Å². The Kier molecular flexibility index (Phi) is 3.92. The largest absolute Gasteiger partial charge is 0.479 e. The molecule has 1 unspecified atom stereocenters. The number of nitrogens with zero attached hydrogens (tertiary/aromatic N) is 2. The lowest BCUT2D eigenvalue weighted by Crippen LogP contribution is -2.50. The highest BCUT2D eigenvalue weighted by Crippen LogP contribution is 2.36. The molecule has 1 aromatic heterocycles. The number of hydrogen-bond acceptors (Lipinski definition) is 5. The molecule has 1 aliphatic rings. The zero-order valence-corrected chi connectivity index (χ0v) is 11.6. The maximum atomic E-state index is 11.7. The van der Waals surface area contributed by atoms with Crippen LogP contribution >= 0.6 is 0 Å². The third-order valence-electron chi connectivity index (χ3n) is 3.91. The van der Waals surface area contributed by atoms with Gasteiger partial charge in [-0.05, 0) is 31.4 Å². The van der Waals surface area contributed by atoms with Crippen LogP contribution in [0.25, 0.3) is 0 Å².